The van der Waals surface area contributed by atoms with E-state index in [0.29, 0.717) is 25.4 Å². The molecule has 1 unspecified atom stereocenters. The summed E-state index contributed by atoms with van der Waals surface area (Å²) in [5, 5.41) is 5.49. The van der Waals surface area contributed by atoms with Crippen molar-refractivity contribution >= 4 is 17.7 Å². The lowest BCUT2D eigenvalue weighted by molar-refractivity contribution is -0.129. The van der Waals surface area contributed by atoms with E-state index >= 15 is 0 Å². The number of nitrogens with one attached hydrogen (secondary N) is 2. The van der Waals surface area contributed by atoms with Crippen LogP contribution in [0.4, 0.5) is 0 Å². The van der Waals surface area contributed by atoms with Gasteiger partial charge in [-0.25, -0.2) is 0 Å². The zero-order valence-electron chi connectivity index (χ0n) is 16.5. The summed E-state index contributed by atoms with van der Waals surface area (Å²) < 4.78 is 5.52. The fourth-order valence-corrected chi connectivity index (χ4v) is 3.09. The quantitative estimate of drug-likeness (QED) is 0.668. The lowest BCUT2D eigenvalue weighted by Crippen LogP contribution is -2.40. The first-order valence-corrected chi connectivity index (χ1v) is 9.32. The van der Waals surface area contributed by atoms with Gasteiger partial charge in [0, 0.05) is 32.1 Å². The first-order chi connectivity index (χ1) is 12.8. The maximum Gasteiger partial charge on any atom is 0.258 e. The van der Waals surface area contributed by atoms with Gasteiger partial charge in [-0.2, -0.15) is 0 Å². The molecule has 3 amide bonds. The molecule has 0 bridgehead atoms. The number of nitrogens with zero attached hydrogens (tertiary/aromatic N) is 1. The molecular weight excluding hydrogens is 346 g/mol. The molecule has 1 aromatic rings. The van der Waals surface area contributed by atoms with Gasteiger partial charge < -0.3 is 20.3 Å². The number of likely N-dealkylation sites (tertiary alicyclic amines) is 1. The average Bonchev–Trinajstić information content (AvgIpc) is 3.00. The maximum atomic E-state index is 12.2. The third-order valence-corrected chi connectivity index (χ3v) is 4.59. The maximum absolute atomic E-state index is 12.2. The molecule has 1 aliphatic rings. The zero-order chi connectivity index (χ0) is 20.0. The van der Waals surface area contributed by atoms with Crippen LogP contribution in [0, 0.1) is 19.8 Å². The Morgan fingerprint density at radius 1 is 1.22 bits per heavy atom. The molecule has 1 saturated heterocycles. The monoisotopic (exact) mass is 375 g/mol. The highest BCUT2D eigenvalue weighted by Gasteiger charge is 2.35. The van der Waals surface area contributed by atoms with Crippen molar-refractivity contribution in [2.24, 2.45) is 5.92 Å². The van der Waals surface area contributed by atoms with Crippen LogP contribution in [0.15, 0.2) is 18.2 Å². The Bertz CT molecular complexity index is 702. The Kier molecular flexibility index (Phi) is 7.21. The minimum atomic E-state index is -0.316. The number of rotatable bonds is 8. The molecule has 1 fully saturated rings. The minimum absolute atomic E-state index is 0.0157. The number of aryl methyl sites for hydroxylation is 2. The molecule has 0 radical (unpaired) electrons. The molecule has 27 heavy (non-hydrogen) atoms. The van der Waals surface area contributed by atoms with Crippen molar-refractivity contribution in [1.29, 1.82) is 0 Å². The molecule has 7 nitrogen and oxygen atoms in total. The van der Waals surface area contributed by atoms with E-state index in [2.05, 4.69) is 10.6 Å². The number of amides is 3. The second-order valence-electron chi connectivity index (χ2n) is 7.24. The molecule has 148 valence electrons. The largest absolute Gasteiger partial charge is 0.484 e. The van der Waals surface area contributed by atoms with Crippen molar-refractivity contribution in [2.45, 2.75) is 40.2 Å². The highest BCUT2D eigenvalue weighted by atomic mass is 16.5. The number of ether oxygens (including phenoxy) is 1. The van der Waals surface area contributed by atoms with E-state index < -0.39 is 0 Å². The van der Waals surface area contributed by atoms with Crippen LogP contribution in [0.5, 0.6) is 5.75 Å². The molecule has 0 spiro atoms. The third-order valence-electron chi connectivity index (χ3n) is 4.59. The molecule has 1 aliphatic heterocycles. The van der Waals surface area contributed by atoms with Gasteiger partial charge >= 0.3 is 0 Å². The molecule has 1 heterocycles. The first kappa shape index (κ1) is 20.7. The third kappa shape index (κ3) is 5.98. The van der Waals surface area contributed by atoms with Crippen LogP contribution < -0.4 is 15.4 Å². The topological polar surface area (TPSA) is 87.7 Å². The fraction of sp³-hybridized carbons (Fsp3) is 0.550. The van der Waals surface area contributed by atoms with Crippen LogP contribution in [0.25, 0.3) is 0 Å². The van der Waals surface area contributed by atoms with Crippen molar-refractivity contribution < 1.29 is 19.1 Å². The Labute approximate surface area is 160 Å². The van der Waals surface area contributed by atoms with Crippen molar-refractivity contribution in [3.63, 3.8) is 0 Å². The van der Waals surface area contributed by atoms with Gasteiger partial charge in [0.15, 0.2) is 6.61 Å². The zero-order valence-corrected chi connectivity index (χ0v) is 16.5. The highest BCUT2D eigenvalue weighted by molar-refractivity contribution is 5.89. The molecule has 1 atom stereocenters. The number of benzene rings is 1. The summed E-state index contributed by atoms with van der Waals surface area (Å²) in [4.78, 5) is 37.6. The van der Waals surface area contributed by atoms with E-state index in [1.165, 1.54) is 0 Å². The Hall–Kier alpha value is -2.57. The van der Waals surface area contributed by atoms with Crippen LogP contribution in [0.1, 0.15) is 31.4 Å². The van der Waals surface area contributed by atoms with Crippen LogP contribution in [-0.4, -0.2) is 54.9 Å². The van der Waals surface area contributed by atoms with Crippen LogP contribution in [0.3, 0.4) is 0 Å². The van der Waals surface area contributed by atoms with E-state index in [1.54, 1.807) is 4.90 Å². The number of hydrogen-bond acceptors (Lipinski definition) is 4. The average molecular weight is 375 g/mol. The highest BCUT2D eigenvalue weighted by Crippen LogP contribution is 2.20. The molecule has 1 aromatic carbocycles. The second kappa shape index (κ2) is 9.39. The van der Waals surface area contributed by atoms with E-state index in [4.69, 9.17) is 4.74 Å². The molecule has 2 rings (SSSR count). The van der Waals surface area contributed by atoms with Gasteiger partial charge in [-0.1, -0.05) is 17.7 Å². The molecule has 2 N–H and O–H groups in total. The summed E-state index contributed by atoms with van der Waals surface area (Å²) in [6.07, 6.45) is 0.250. The lowest BCUT2D eigenvalue weighted by atomic mass is 10.1. The standard InChI is InChI=1S/C20H29N3O4/c1-13(2)23-11-16(10-19(23)25)20(26)22-8-7-21-18(24)12-27-17-6-5-14(3)9-15(17)4/h5-6,9,13,16H,7-8,10-12H2,1-4H3,(H,21,24)(H,22,26). The van der Waals surface area contributed by atoms with Crippen molar-refractivity contribution in [3.05, 3.63) is 29.3 Å². The molecule has 0 aliphatic carbocycles. The van der Waals surface area contributed by atoms with E-state index in [-0.39, 0.29) is 42.7 Å². The second-order valence-corrected chi connectivity index (χ2v) is 7.24. The Morgan fingerprint density at radius 3 is 2.56 bits per heavy atom. The van der Waals surface area contributed by atoms with E-state index in [9.17, 15) is 14.4 Å². The minimum Gasteiger partial charge on any atom is -0.484 e. The SMILES string of the molecule is Cc1ccc(OCC(=O)NCCNC(=O)C2CC(=O)N(C(C)C)C2)c(C)c1. The number of hydrogen-bond donors (Lipinski definition) is 2. The van der Waals surface area contributed by atoms with Gasteiger partial charge in [0.1, 0.15) is 5.75 Å². The predicted molar refractivity (Wildman–Crippen MR) is 102 cm³/mol. The van der Waals surface area contributed by atoms with Crippen molar-refractivity contribution in [2.75, 3.05) is 26.2 Å². The van der Waals surface area contributed by atoms with Crippen LogP contribution in [0.2, 0.25) is 0 Å². The van der Waals surface area contributed by atoms with Gasteiger partial charge in [0.25, 0.3) is 5.91 Å². The Morgan fingerprint density at radius 2 is 1.93 bits per heavy atom. The van der Waals surface area contributed by atoms with Crippen LogP contribution in [-0.2, 0) is 14.4 Å². The van der Waals surface area contributed by atoms with Gasteiger partial charge in [0.05, 0.1) is 5.92 Å². The summed E-state index contributed by atoms with van der Waals surface area (Å²) in [5.74, 6) is -0.00589. The smallest absolute Gasteiger partial charge is 0.258 e. The van der Waals surface area contributed by atoms with Gasteiger partial charge in [-0.15, -0.1) is 0 Å². The van der Waals surface area contributed by atoms with Crippen molar-refractivity contribution in [3.8, 4) is 5.75 Å². The van der Waals surface area contributed by atoms with Crippen LogP contribution >= 0.6 is 0 Å². The van der Waals surface area contributed by atoms with Crippen molar-refractivity contribution in [1.82, 2.24) is 15.5 Å². The molecule has 0 saturated carbocycles. The summed E-state index contributed by atoms with van der Waals surface area (Å²) >= 11 is 0. The normalized spacial score (nSPS) is 16.6. The molecule has 7 heteroatoms. The predicted octanol–water partition coefficient (Wildman–Crippen LogP) is 1.17. The summed E-state index contributed by atoms with van der Waals surface area (Å²) in [5.41, 5.74) is 2.12. The summed E-state index contributed by atoms with van der Waals surface area (Å²) in [6.45, 7) is 8.83. The molecular formula is C20H29N3O4. The van der Waals surface area contributed by atoms with Gasteiger partial charge in [-0.05, 0) is 39.3 Å². The Balaban J connectivity index is 1.64. The van der Waals surface area contributed by atoms with Gasteiger partial charge in [0.2, 0.25) is 11.8 Å². The summed E-state index contributed by atoms with van der Waals surface area (Å²) in [6, 6.07) is 5.88. The summed E-state index contributed by atoms with van der Waals surface area (Å²) in [7, 11) is 0. The fourth-order valence-electron chi connectivity index (χ4n) is 3.09. The number of carbonyl (C=O) groups is 3. The molecule has 0 aromatic heterocycles. The van der Waals surface area contributed by atoms with E-state index in [0.717, 1.165) is 11.1 Å². The first-order valence-electron chi connectivity index (χ1n) is 9.32. The lowest BCUT2D eigenvalue weighted by Gasteiger charge is -2.20. The number of carbonyl (C=O) groups excluding carboxylic acids is 3. The van der Waals surface area contributed by atoms with Gasteiger partial charge in [-0.3, -0.25) is 14.4 Å². The van der Waals surface area contributed by atoms with E-state index in [1.807, 2.05) is 45.9 Å².